The standard InChI is InChI=1S/C21H16BrClFNO5S2/c1-29-16-8-11(9-17-20(28)25(21(31)32-17)6-5-18(26)27)7-13(22)19(16)30-10-12-14(23)3-2-4-15(12)24/h2-4,7-9H,5-6,10H2,1H3,(H,26,27)/b17-9+. The molecular formula is C21H16BrClFNO5S2. The van der Waals surface area contributed by atoms with Crippen LogP contribution in [0.25, 0.3) is 6.08 Å². The minimum Gasteiger partial charge on any atom is -0.493 e. The summed E-state index contributed by atoms with van der Waals surface area (Å²) < 4.78 is 26.0. The highest BCUT2D eigenvalue weighted by atomic mass is 79.9. The Hall–Kier alpha value is -2.14. The molecule has 1 N–H and O–H groups in total. The molecule has 6 nitrogen and oxygen atoms in total. The Balaban J connectivity index is 1.83. The molecule has 168 valence electrons. The molecule has 0 unspecified atom stereocenters. The van der Waals surface area contributed by atoms with Gasteiger partial charge in [-0.15, -0.1) is 0 Å². The first-order valence-corrected chi connectivity index (χ1v) is 11.5. The smallest absolute Gasteiger partial charge is 0.305 e. The SMILES string of the molecule is COc1cc(/C=C2/SC(=S)N(CCC(=O)O)C2=O)cc(Br)c1OCc1c(F)cccc1Cl. The van der Waals surface area contributed by atoms with Crippen molar-refractivity contribution < 1.29 is 28.6 Å². The highest BCUT2D eigenvalue weighted by Gasteiger charge is 2.32. The van der Waals surface area contributed by atoms with Gasteiger partial charge in [0.15, 0.2) is 11.5 Å². The number of carboxylic acid groups (broad SMARTS) is 1. The van der Waals surface area contributed by atoms with Gasteiger partial charge >= 0.3 is 5.97 Å². The van der Waals surface area contributed by atoms with Gasteiger partial charge in [0, 0.05) is 12.1 Å². The molecule has 0 aromatic heterocycles. The molecule has 11 heteroatoms. The maximum Gasteiger partial charge on any atom is 0.305 e. The number of methoxy groups -OCH3 is 1. The highest BCUT2D eigenvalue weighted by Crippen LogP contribution is 2.40. The van der Waals surface area contributed by atoms with E-state index in [0.717, 1.165) is 11.8 Å². The number of hydrogen-bond donors (Lipinski definition) is 1. The van der Waals surface area contributed by atoms with Gasteiger partial charge in [0.1, 0.15) is 16.7 Å². The Labute approximate surface area is 206 Å². The van der Waals surface area contributed by atoms with E-state index in [1.165, 1.54) is 24.1 Å². The molecule has 2 aromatic rings. The van der Waals surface area contributed by atoms with E-state index in [1.54, 1.807) is 24.3 Å². The van der Waals surface area contributed by atoms with Crippen LogP contribution in [0.3, 0.4) is 0 Å². The number of carbonyl (C=O) groups is 2. The highest BCUT2D eigenvalue weighted by molar-refractivity contribution is 9.10. The number of hydrogen-bond acceptors (Lipinski definition) is 6. The number of rotatable bonds is 8. The predicted octanol–water partition coefficient (Wildman–Crippen LogP) is 5.51. The zero-order chi connectivity index (χ0) is 23.4. The lowest BCUT2D eigenvalue weighted by atomic mass is 10.1. The number of benzene rings is 2. The summed E-state index contributed by atoms with van der Waals surface area (Å²) in [5.74, 6) is -1.14. The van der Waals surface area contributed by atoms with E-state index in [9.17, 15) is 14.0 Å². The first-order chi connectivity index (χ1) is 15.2. The van der Waals surface area contributed by atoms with Crippen LogP contribution < -0.4 is 9.47 Å². The van der Waals surface area contributed by atoms with Crippen molar-refractivity contribution in [3.63, 3.8) is 0 Å². The second-order valence-corrected chi connectivity index (χ2v) is 9.44. The van der Waals surface area contributed by atoms with Gasteiger partial charge in [-0.25, -0.2) is 4.39 Å². The van der Waals surface area contributed by atoms with E-state index in [4.69, 9.17) is 38.4 Å². The second-order valence-electron chi connectivity index (χ2n) is 6.50. The molecule has 1 amide bonds. The summed E-state index contributed by atoms with van der Waals surface area (Å²) in [6, 6.07) is 7.76. The number of ether oxygens (including phenoxy) is 2. The van der Waals surface area contributed by atoms with Crippen LogP contribution in [0.15, 0.2) is 39.7 Å². The lowest BCUT2D eigenvalue weighted by Gasteiger charge is -2.15. The van der Waals surface area contributed by atoms with Crippen molar-refractivity contribution in [3.8, 4) is 11.5 Å². The van der Waals surface area contributed by atoms with Crippen LogP contribution in [0.5, 0.6) is 11.5 Å². The van der Waals surface area contributed by atoms with Crippen LogP contribution in [0.1, 0.15) is 17.5 Å². The number of carbonyl (C=O) groups excluding carboxylic acids is 1. The Kier molecular flexibility index (Phi) is 8.16. The van der Waals surface area contributed by atoms with E-state index in [2.05, 4.69) is 15.9 Å². The maximum atomic E-state index is 14.0. The van der Waals surface area contributed by atoms with Crippen molar-refractivity contribution in [2.45, 2.75) is 13.0 Å². The number of amides is 1. The Bertz CT molecular complexity index is 1110. The molecule has 2 aromatic carbocycles. The molecule has 1 fully saturated rings. The van der Waals surface area contributed by atoms with Crippen molar-refractivity contribution in [1.29, 1.82) is 0 Å². The lowest BCUT2D eigenvalue weighted by Crippen LogP contribution is -2.30. The summed E-state index contributed by atoms with van der Waals surface area (Å²) in [6.45, 7) is -0.0994. The van der Waals surface area contributed by atoms with Gasteiger partial charge < -0.3 is 14.6 Å². The topological polar surface area (TPSA) is 76.1 Å². The molecular weight excluding hydrogens is 545 g/mol. The monoisotopic (exact) mass is 559 g/mol. The quantitative estimate of drug-likeness (QED) is 0.337. The Morgan fingerprint density at radius 2 is 2.16 bits per heavy atom. The molecule has 0 saturated carbocycles. The lowest BCUT2D eigenvalue weighted by molar-refractivity contribution is -0.137. The number of aliphatic carboxylic acids is 1. The van der Waals surface area contributed by atoms with Crippen LogP contribution in [-0.2, 0) is 16.2 Å². The summed E-state index contributed by atoms with van der Waals surface area (Å²) in [5.41, 5.74) is 0.848. The third-order valence-corrected chi connectivity index (χ3v) is 6.72. The van der Waals surface area contributed by atoms with E-state index < -0.39 is 11.8 Å². The van der Waals surface area contributed by atoms with Crippen molar-refractivity contribution >= 4 is 73.8 Å². The first kappa shape index (κ1) is 24.5. The Morgan fingerprint density at radius 3 is 2.81 bits per heavy atom. The molecule has 1 aliphatic heterocycles. The summed E-state index contributed by atoms with van der Waals surface area (Å²) in [6.07, 6.45) is 1.43. The number of nitrogens with zero attached hydrogens (tertiary/aromatic N) is 1. The van der Waals surface area contributed by atoms with Gasteiger partial charge in [-0.1, -0.05) is 41.6 Å². The number of thioether (sulfide) groups is 1. The average molecular weight is 561 g/mol. The van der Waals surface area contributed by atoms with Crippen LogP contribution in [0, 0.1) is 5.82 Å². The van der Waals surface area contributed by atoms with Gasteiger partial charge in [0.25, 0.3) is 5.91 Å². The van der Waals surface area contributed by atoms with Crippen molar-refractivity contribution in [3.05, 3.63) is 61.7 Å². The summed E-state index contributed by atoms with van der Waals surface area (Å²) in [7, 11) is 1.46. The summed E-state index contributed by atoms with van der Waals surface area (Å²) in [5, 5.41) is 9.10. The third kappa shape index (κ3) is 5.61. The normalized spacial score (nSPS) is 14.9. The molecule has 0 spiro atoms. The van der Waals surface area contributed by atoms with Gasteiger partial charge in [0.2, 0.25) is 0 Å². The minimum atomic E-state index is -1.01. The molecule has 1 saturated heterocycles. The molecule has 1 aliphatic rings. The number of halogens is 3. The molecule has 0 atom stereocenters. The van der Waals surface area contributed by atoms with Gasteiger partial charge in [-0.05, 0) is 51.8 Å². The Morgan fingerprint density at radius 1 is 1.41 bits per heavy atom. The predicted molar refractivity (Wildman–Crippen MR) is 129 cm³/mol. The first-order valence-electron chi connectivity index (χ1n) is 9.11. The van der Waals surface area contributed by atoms with E-state index >= 15 is 0 Å². The van der Waals surface area contributed by atoms with E-state index in [1.807, 2.05) is 0 Å². The van der Waals surface area contributed by atoms with E-state index in [-0.39, 0.29) is 36.1 Å². The van der Waals surface area contributed by atoms with Crippen LogP contribution >= 0.6 is 51.5 Å². The van der Waals surface area contributed by atoms with Gasteiger partial charge in [-0.3, -0.25) is 14.5 Å². The van der Waals surface area contributed by atoms with Crippen LogP contribution in [-0.4, -0.2) is 39.9 Å². The fraction of sp³-hybridized carbons (Fsp3) is 0.190. The van der Waals surface area contributed by atoms with Crippen molar-refractivity contribution in [2.75, 3.05) is 13.7 Å². The van der Waals surface area contributed by atoms with Crippen molar-refractivity contribution in [2.24, 2.45) is 0 Å². The van der Waals surface area contributed by atoms with Crippen LogP contribution in [0.2, 0.25) is 5.02 Å². The zero-order valence-electron chi connectivity index (χ0n) is 16.6. The van der Waals surface area contributed by atoms with Gasteiger partial charge in [-0.2, -0.15) is 0 Å². The van der Waals surface area contributed by atoms with Crippen LogP contribution in [0.4, 0.5) is 4.39 Å². The number of thiocarbonyl (C=S) groups is 1. The molecule has 1 heterocycles. The largest absolute Gasteiger partial charge is 0.493 e. The summed E-state index contributed by atoms with van der Waals surface area (Å²) in [4.78, 5) is 25.0. The molecule has 0 bridgehead atoms. The fourth-order valence-corrected chi connectivity index (χ4v) is 4.93. The average Bonchev–Trinajstić information content (AvgIpc) is 2.99. The molecule has 0 radical (unpaired) electrons. The molecule has 32 heavy (non-hydrogen) atoms. The summed E-state index contributed by atoms with van der Waals surface area (Å²) >= 11 is 15.8. The molecule has 0 aliphatic carbocycles. The number of carboxylic acids is 1. The fourth-order valence-electron chi connectivity index (χ4n) is 2.83. The zero-order valence-corrected chi connectivity index (χ0v) is 20.5. The van der Waals surface area contributed by atoms with E-state index in [0.29, 0.717) is 30.8 Å². The third-order valence-electron chi connectivity index (χ3n) is 4.39. The second kappa shape index (κ2) is 10.7. The minimum absolute atomic E-state index is 0.00966. The van der Waals surface area contributed by atoms with Gasteiger partial charge in [0.05, 0.1) is 27.9 Å². The molecule has 3 rings (SSSR count). The maximum absolute atomic E-state index is 14.0. The van der Waals surface area contributed by atoms with Crippen molar-refractivity contribution in [1.82, 2.24) is 4.90 Å².